The normalized spacial score (nSPS) is 18.0. The lowest BCUT2D eigenvalue weighted by atomic mass is 9.68. The predicted molar refractivity (Wildman–Crippen MR) is 59.9 cm³/mol. The molecule has 0 aromatic carbocycles. The van der Waals surface area contributed by atoms with Crippen LogP contribution in [-0.4, -0.2) is 29.4 Å². The minimum absolute atomic E-state index is 0.0518. The number of carbonyl (C=O) groups excluding carboxylic acids is 2. The van der Waals surface area contributed by atoms with Crippen LogP contribution in [0.4, 0.5) is 0 Å². The third kappa shape index (κ3) is 2.40. The van der Waals surface area contributed by atoms with Crippen molar-refractivity contribution in [3.8, 4) is 0 Å². The van der Waals surface area contributed by atoms with Gasteiger partial charge in [-0.05, 0) is 26.7 Å². The number of carbonyl (C=O) groups is 3. The van der Waals surface area contributed by atoms with Crippen molar-refractivity contribution in [3.63, 3.8) is 0 Å². The van der Waals surface area contributed by atoms with E-state index in [0.717, 1.165) is 6.42 Å². The van der Waals surface area contributed by atoms with Gasteiger partial charge in [0.05, 0.1) is 5.41 Å². The molecule has 1 rings (SSSR count). The Hall–Kier alpha value is -1.59. The maximum atomic E-state index is 11.8. The van der Waals surface area contributed by atoms with Crippen LogP contribution in [0.3, 0.4) is 0 Å². The third-order valence-corrected chi connectivity index (χ3v) is 3.41. The number of amides is 2. The van der Waals surface area contributed by atoms with Crippen LogP contribution in [-0.2, 0) is 14.4 Å². The Morgan fingerprint density at radius 1 is 1.35 bits per heavy atom. The summed E-state index contributed by atoms with van der Waals surface area (Å²) < 4.78 is 0. The molecule has 1 fully saturated rings. The second-order valence-electron chi connectivity index (χ2n) is 5.17. The monoisotopic (exact) mass is 242 g/mol. The van der Waals surface area contributed by atoms with Gasteiger partial charge in [0.1, 0.15) is 5.41 Å². The van der Waals surface area contributed by atoms with Gasteiger partial charge < -0.3 is 16.2 Å². The van der Waals surface area contributed by atoms with E-state index in [0.29, 0.717) is 12.8 Å². The first-order chi connectivity index (χ1) is 7.72. The van der Waals surface area contributed by atoms with Crippen LogP contribution in [0.15, 0.2) is 0 Å². The molecule has 17 heavy (non-hydrogen) atoms. The molecule has 0 atom stereocenters. The fraction of sp³-hybridized carbons (Fsp3) is 0.727. The van der Waals surface area contributed by atoms with Crippen molar-refractivity contribution in [1.29, 1.82) is 0 Å². The smallest absolute Gasteiger partial charge is 0.319 e. The topological polar surface area (TPSA) is 109 Å². The summed E-state index contributed by atoms with van der Waals surface area (Å²) in [6.45, 7) is 3.25. The number of carboxylic acid groups (broad SMARTS) is 1. The first-order valence-corrected chi connectivity index (χ1v) is 5.54. The van der Waals surface area contributed by atoms with Crippen LogP contribution >= 0.6 is 0 Å². The van der Waals surface area contributed by atoms with Gasteiger partial charge in [-0.25, -0.2) is 0 Å². The molecule has 0 bridgehead atoms. The highest BCUT2D eigenvalue weighted by Crippen LogP contribution is 2.41. The Labute approximate surface area is 99.6 Å². The second kappa shape index (κ2) is 4.35. The summed E-state index contributed by atoms with van der Waals surface area (Å²) in [5.41, 5.74) is 2.99. The molecule has 0 spiro atoms. The Morgan fingerprint density at radius 3 is 2.18 bits per heavy atom. The molecule has 0 unspecified atom stereocenters. The SMILES string of the molecule is CC(C)(CNC(=O)C1(C(=O)O)CCC1)C(N)=O. The van der Waals surface area contributed by atoms with E-state index >= 15 is 0 Å². The zero-order valence-corrected chi connectivity index (χ0v) is 10.1. The molecular weight excluding hydrogens is 224 g/mol. The molecular formula is C11H18N2O4. The summed E-state index contributed by atoms with van der Waals surface area (Å²) in [6.07, 6.45) is 1.44. The molecule has 1 saturated carbocycles. The highest BCUT2D eigenvalue weighted by atomic mass is 16.4. The van der Waals surface area contributed by atoms with Crippen molar-refractivity contribution < 1.29 is 19.5 Å². The van der Waals surface area contributed by atoms with E-state index in [1.807, 2.05) is 0 Å². The molecule has 4 N–H and O–H groups in total. The fourth-order valence-corrected chi connectivity index (χ4v) is 1.63. The van der Waals surface area contributed by atoms with E-state index < -0.39 is 28.6 Å². The molecule has 0 aliphatic heterocycles. The first-order valence-electron chi connectivity index (χ1n) is 5.54. The standard InChI is InChI=1S/C11H18N2O4/c1-10(2,7(12)14)6-13-8(15)11(9(16)17)4-3-5-11/h3-6H2,1-2H3,(H2,12,14)(H,13,15)(H,16,17). The largest absolute Gasteiger partial charge is 0.480 e. The van der Waals surface area contributed by atoms with Crippen molar-refractivity contribution in [1.82, 2.24) is 5.32 Å². The van der Waals surface area contributed by atoms with Crippen LogP contribution in [0.25, 0.3) is 0 Å². The summed E-state index contributed by atoms with van der Waals surface area (Å²) >= 11 is 0. The highest BCUT2D eigenvalue weighted by Gasteiger charge is 2.51. The maximum Gasteiger partial charge on any atom is 0.319 e. The van der Waals surface area contributed by atoms with Crippen LogP contribution in [0.2, 0.25) is 0 Å². The van der Waals surface area contributed by atoms with E-state index in [9.17, 15) is 14.4 Å². The molecule has 96 valence electrons. The number of rotatable bonds is 5. The number of hydrogen-bond donors (Lipinski definition) is 3. The van der Waals surface area contributed by atoms with Crippen molar-refractivity contribution in [2.45, 2.75) is 33.1 Å². The third-order valence-electron chi connectivity index (χ3n) is 3.41. The Kier molecular flexibility index (Phi) is 3.45. The number of carboxylic acids is 1. The lowest BCUT2D eigenvalue weighted by molar-refractivity contribution is -0.162. The number of hydrogen-bond acceptors (Lipinski definition) is 3. The average Bonchev–Trinajstić information content (AvgIpc) is 2.12. The number of nitrogens with one attached hydrogen (secondary N) is 1. The van der Waals surface area contributed by atoms with E-state index in [1.54, 1.807) is 13.8 Å². The van der Waals surface area contributed by atoms with Crippen molar-refractivity contribution in [2.75, 3.05) is 6.54 Å². The molecule has 0 aromatic heterocycles. The van der Waals surface area contributed by atoms with Gasteiger partial charge in [-0.3, -0.25) is 14.4 Å². The van der Waals surface area contributed by atoms with E-state index in [4.69, 9.17) is 10.8 Å². The van der Waals surface area contributed by atoms with Gasteiger partial charge in [-0.1, -0.05) is 6.42 Å². The Bertz CT molecular complexity index is 358. The highest BCUT2D eigenvalue weighted by molar-refractivity contribution is 6.03. The quantitative estimate of drug-likeness (QED) is 0.583. The molecule has 0 radical (unpaired) electrons. The van der Waals surface area contributed by atoms with Gasteiger partial charge in [0, 0.05) is 6.54 Å². The lowest BCUT2D eigenvalue weighted by Gasteiger charge is -2.36. The molecule has 0 saturated heterocycles. The summed E-state index contributed by atoms with van der Waals surface area (Å²) in [6, 6.07) is 0. The molecule has 0 heterocycles. The van der Waals surface area contributed by atoms with Gasteiger partial charge in [-0.2, -0.15) is 0 Å². The maximum absolute atomic E-state index is 11.8. The van der Waals surface area contributed by atoms with Crippen molar-refractivity contribution in [3.05, 3.63) is 0 Å². The minimum atomic E-state index is -1.30. The molecule has 6 nitrogen and oxygen atoms in total. The van der Waals surface area contributed by atoms with Gasteiger partial charge in [0.2, 0.25) is 11.8 Å². The molecule has 0 aromatic rings. The fourth-order valence-electron chi connectivity index (χ4n) is 1.63. The lowest BCUT2D eigenvalue weighted by Crippen LogP contribution is -2.53. The summed E-state index contributed by atoms with van der Waals surface area (Å²) in [7, 11) is 0. The summed E-state index contributed by atoms with van der Waals surface area (Å²) in [5.74, 6) is -2.15. The zero-order valence-electron chi connectivity index (χ0n) is 10.1. The van der Waals surface area contributed by atoms with Gasteiger partial charge in [0.15, 0.2) is 0 Å². The van der Waals surface area contributed by atoms with E-state index in [-0.39, 0.29) is 6.54 Å². The van der Waals surface area contributed by atoms with E-state index in [1.165, 1.54) is 0 Å². The molecule has 1 aliphatic rings. The van der Waals surface area contributed by atoms with Crippen LogP contribution in [0, 0.1) is 10.8 Å². The minimum Gasteiger partial charge on any atom is -0.480 e. The average molecular weight is 242 g/mol. The van der Waals surface area contributed by atoms with Gasteiger partial charge in [-0.15, -0.1) is 0 Å². The summed E-state index contributed by atoms with van der Waals surface area (Å²) in [5, 5.41) is 11.5. The Morgan fingerprint density at radius 2 is 1.88 bits per heavy atom. The first kappa shape index (κ1) is 13.5. The van der Waals surface area contributed by atoms with Gasteiger partial charge in [0.25, 0.3) is 0 Å². The van der Waals surface area contributed by atoms with Gasteiger partial charge >= 0.3 is 5.97 Å². The Balaban J connectivity index is 2.61. The van der Waals surface area contributed by atoms with Crippen molar-refractivity contribution >= 4 is 17.8 Å². The number of aliphatic carboxylic acids is 1. The molecule has 2 amide bonds. The van der Waals surface area contributed by atoms with Crippen LogP contribution in [0.5, 0.6) is 0 Å². The van der Waals surface area contributed by atoms with Crippen molar-refractivity contribution in [2.24, 2.45) is 16.6 Å². The summed E-state index contributed by atoms with van der Waals surface area (Å²) in [4.78, 5) is 33.9. The molecule has 1 aliphatic carbocycles. The van der Waals surface area contributed by atoms with Crippen LogP contribution in [0.1, 0.15) is 33.1 Å². The van der Waals surface area contributed by atoms with Crippen LogP contribution < -0.4 is 11.1 Å². The number of nitrogens with two attached hydrogens (primary N) is 1. The number of primary amides is 1. The second-order valence-corrected chi connectivity index (χ2v) is 5.17. The predicted octanol–water partition coefficient (Wildman–Crippen LogP) is -0.131. The zero-order chi connectivity index (χ0) is 13.3. The molecule has 6 heteroatoms. The van der Waals surface area contributed by atoms with E-state index in [2.05, 4.69) is 5.32 Å².